The maximum Gasteiger partial charge on any atom is 0.123 e. The number of nitrogens with one attached hydrogen (secondary N) is 1. The molecular formula is C23H30Cl2N4O3. The fraction of sp³-hybridized carbons (Fsp3) is 0.348. The molecule has 0 aliphatic carbocycles. The first kappa shape index (κ1) is 26.0. The third-order valence-electron chi connectivity index (χ3n) is 5.21. The highest BCUT2D eigenvalue weighted by molar-refractivity contribution is 5.85. The van der Waals surface area contributed by atoms with Crippen LogP contribution in [-0.2, 0) is 0 Å². The van der Waals surface area contributed by atoms with Crippen molar-refractivity contribution in [3.05, 3.63) is 60.9 Å². The third-order valence-corrected chi connectivity index (χ3v) is 5.21. The highest BCUT2D eigenvalue weighted by Gasteiger charge is 2.15. The molecule has 0 spiro atoms. The second-order valence-corrected chi connectivity index (χ2v) is 7.41. The molecule has 1 saturated heterocycles. The van der Waals surface area contributed by atoms with E-state index in [-0.39, 0.29) is 31.4 Å². The van der Waals surface area contributed by atoms with E-state index in [1.807, 2.05) is 47.3 Å². The van der Waals surface area contributed by atoms with Crippen molar-refractivity contribution in [3.63, 3.8) is 0 Å². The lowest BCUT2D eigenvalue weighted by Gasteiger charge is -2.29. The number of nitrogens with zero attached hydrogens (tertiary/aromatic N) is 3. The SMILES string of the molecule is COc1cc(OCC(O)CN2CCNCC2)cc(-c2ccc(-n3cccn3)cc2)c1.Cl.Cl. The smallest absolute Gasteiger partial charge is 0.123 e. The maximum absolute atomic E-state index is 10.4. The summed E-state index contributed by atoms with van der Waals surface area (Å²) in [6.45, 7) is 4.70. The molecular weight excluding hydrogens is 451 g/mol. The number of β-amino-alcohol motifs (C(OH)–C–C–N with tert-alkyl or cyclic N) is 1. The Labute approximate surface area is 201 Å². The van der Waals surface area contributed by atoms with Crippen LogP contribution in [0.3, 0.4) is 0 Å². The van der Waals surface area contributed by atoms with Crippen molar-refractivity contribution in [2.45, 2.75) is 6.10 Å². The molecule has 1 atom stereocenters. The van der Waals surface area contributed by atoms with Gasteiger partial charge < -0.3 is 19.9 Å². The number of methoxy groups -OCH3 is 1. The van der Waals surface area contributed by atoms with E-state index < -0.39 is 6.10 Å². The topological polar surface area (TPSA) is 71.8 Å². The van der Waals surface area contributed by atoms with Crippen LogP contribution in [0.4, 0.5) is 0 Å². The summed E-state index contributed by atoms with van der Waals surface area (Å²) < 4.78 is 13.2. The highest BCUT2D eigenvalue weighted by atomic mass is 35.5. The minimum Gasteiger partial charge on any atom is -0.497 e. The van der Waals surface area contributed by atoms with E-state index in [0.717, 1.165) is 48.7 Å². The minimum absolute atomic E-state index is 0. The van der Waals surface area contributed by atoms with Gasteiger partial charge in [0, 0.05) is 51.2 Å². The molecule has 1 aliphatic heterocycles. The van der Waals surface area contributed by atoms with Crippen LogP contribution in [-0.4, -0.2) is 72.3 Å². The Bertz CT molecular complexity index is 933. The lowest BCUT2D eigenvalue weighted by molar-refractivity contribution is 0.0641. The largest absolute Gasteiger partial charge is 0.497 e. The molecule has 1 fully saturated rings. The van der Waals surface area contributed by atoms with Crippen LogP contribution in [0.25, 0.3) is 16.8 Å². The van der Waals surface area contributed by atoms with Crippen molar-refractivity contribution in [2.24, 2.45) is 0 Å². The van der Waals surface area contributed by atoms with Gasteiger partial charge in [-0.1, -0.05) is 12.1 Å². The van der Waals surface area contributed by atoms with Crippen LogP contribution < -0.4 is 14.8 Å². The van der Waals surface area contributed by atoms with E-state index >= 15 is 0 Å². The summed E-state index contributed by atoms with van der Waals surface area (Å²) in [7, 11) is 1.64. The van der Waals surface area contributed by atoms with Gasteiger partial charge in [0.05, 0.1) is 12.8 Å². The number of hydrogen-bond acceptors (Lipinski definition) is 6. The Kier molecular flexibility index (Phi) is 10.3. The number of halogens is 2. The lowest BCUT2D eigenvalue weighted by atomic mass is 10.0. The Hall–Kier alpha value is -2.29. The van der Waals surface area contributed by atoms with Crippen LogP contribution >= 0.6 is 24.8 Å². The first-order chi connectivity index (χ1) is 14.7. The van der Waals surface area contributed by atoms with Crippen molar-refractivity contribution in [1.29, 1.82) is 0 Å². The van der Waals surface area contributed by atoms with E-state index in [1.165, 1.54) is 0 Å². The van der Waals surface area contributed by atoms with Gasteiger partial charge in [-0.05, 0) is 41.5 Å². The molecule has 1 aliphatic rings. The number of aliphatic hydroxyl groups is 1. The van der Waals surface area contributed by atoms with Gasteiger partial charge in [0.25, 0.3) is 0 Å². The first-order valence-corrected chi connectivity index (χ1v) is 10.2. The van der Waals surface area contributed by atoms with Gasteiger partial charge in [0.2, 0.25) is 0 Å². The molecule has 174 valence electrons. The van der Waals surface area contributed by atoms with Crippen molar-refractivity contribution in [2.75, 3.05) is 46.4 Å². The van der Waals surface area contributed by atoms with Crippen molar-refractivity contribution in [3.8, 4) is 28.3 Å². The molecule has 0 saturated carbocycles. The summed E-state index contributed by atoms with van der Waals surface area (Å²) in [6.07, 6.45) is 3.14. The third kappa shape index (κ3) is 6.85. The van der Waals surface area contributed by atoms with Crippen LogP contribution in [0.15, 0.2) is 60.9 Å². The van der Waals surface area contributed by atoms with Gasteiger partial charge in [-0.15, -0.1) is 24.8 Å². The molecule has 1 aromatic heterocycles. The second kappa shape index (κ2) is 12.7. The van der Waals surface area contributed by atoms with E-state index in [0.29, 0.717) is 12.3 Å². The molecule has 0 radical (unpaired) electrons. The molecule has 1 unspecified atom stereocenters. The lowest BCUT2D eigenvalue weighted by Crippen LogP contribution is -2.47. The summed E-state index contributed by atoms with van der Waals surface area (Å²) in [5.74, 6) is 1.40. The zero-order valence-electron chi connectivity index (χ0n) is 18.0. The molecule has 9 heteroatoms. The van der Waals surface area contributed by atoms with Crippen LogP contribution in [0.1, 0.15) is 0 Å². The highest BCUT2D eigenvalue weighted by Crippen LogP contribution is 2.30. The van der Waals surface area contributed by atoms with Crippen molar-refractivity contribution in [1.82, 2.24) is 20.0 Å². The minimum atomic E-state index is -0.536. The summed E-state index contributed by atoms with van der Waals surface area (Å²) in [5.41, 5.74) is 3.04. The number of benzene rings is 2. The van der Waals surface area contributed by atoms with E-state index in [9.17, 15) is 5.11 Å². The molecule has 2 N–H and O–H groups in total. The number of aromatic nitrogens is 2. The Morgan fingerprint density at radius 3 is 2.41 bits per heavy atom. The van der Waals surface area contributed by atoms with Crippen molar-refractivity contribution < 1.29 is 14.6 Å². The summed E-state index contributed by atoms with van der Waals surface area (Å²) in [6, 6.07) is 15.9. The Morgan fingerprint density at radius 1 is 1.03 bits per heavy atom. The number of rotatable bonds is 8. The van der Waals surface area contributed by atoms with Gasteiger partial charge in [0.15, 0.2) is 0 Å². The summed E-state index contributed by atoms with van der Waals surface area (Å²) >= 11 is 0. The molecule has 2 aromatic carbocycles. The number of ether oxygens (including phenoxy) is 2. The molecule has 32 heavy (non-hydrogen) atoms. The standard InChI is InChI=1S/C23H28N4O3.2ClH/c1-29-22-13-19(18-3-5-20(6-4-18)27-10-2-7-25-27)14-23(15-22)30-17-21(28)16-26-11-8-24-9-12-26;;/h2-7,10,13-15,21,24,28H,8-9,11-12,16-17H2,1H3;2*1H. The van der Waals surface area contributed by atoms with Gasteiger partial charge in [0.1, 0.15) is 24.2 Å². The Morgan fingerprint density at radius 2 is 1.75 bits per heavy atom. The predicted molar refractivity (Wildman–Crippen MR) is 131 cm³/mol. The second-order valence-electron chi connectivity index (χ2n) is 7.41. The summed E-state index contributed by atoms with van der Waals surface area (Å²) in [5, 5.41) is 17.9. The fourth-order valence-electron chi connectivity index (χ4n) is 3.60. The summed E-state index contributed by atoms with van der Waals surface area (Å²) in [4.78, 5) is 2.25. The maximum atomic E-state index is 10.4. The number of aliphatic hydroxyl groups excluding tert-OH is 1. The van der Waals surface area contributed by atoms with Gasteiger partial charge in [-0.2, -0.15) is 5.10 Å². The van der Waals surface area contributed by atoms with E-state index in [1.54, 1.807) is 13.3 Å². The Balaban J connectivity index is 0.00000181. The molecule has 2 heterocycles. The predicted octanol–water partition coefficient (Wildman–Crippen LogP) is 3.04. The molecule has 7 nitrogen and oxygen atoms in total. The van der Waals surface area contributed by atoms with Crippen LogP contribution in [0.5, 0.6) is 11.5 Å². The van der Waals surface area contributed by atoms with Gasteiger partial charge >= 0.3 is 0 Å². The zero-order valence-corrected chi connectivity index (χ0v) is 19.6. The normalized spacial score (nSPS) is 14.7. The van der Waals surface area contributed by atoms with Crippen LogP contribution in [0, 0.1) is 0 Å². The van der Waals surface area contributed by atoms with Crippen molar-refractivity contribution >= 4 is 24.8 Å². The number of hydrogen-bond donors (Lipinski definition) is 2. The molecule has 0 amide bonds. The average Bonchev–Trinajstić information content (AvgIpc) is 3.33. The monoisotopic (exact) mass is 480 g/mol. The van der Waals surface area contributed by atoms with E-state index in [4.69, 9.17) is 9.47 Å². The molecule has 3 aromatic rings. The van der Waals surface area contributed by atoms with Crippen LogP contribution in [0.2, 0.25) is 0 Å². The molecule has 0 bridgehead atoms. The average molecular weight is 481 g/mol. The molecule has 4 rings (SSSR count). The van der Waals surface area contributed by atoms with Gasteiger partial charge in [-0.25, -0.2) is 4.68 Å². The number of piperazine rings is 1. The van der Waals surface area contributed by atoms with E-state index in [2.05, 4.69) is 27.4 Å². The fourth-order valence-corrected chi connectivity index (χ4v) is 3.60. The quantitative estimate of drug-likeness (QED) is 0.516. The van der Waals surface area contributed by atoms with Gasteiger partial charge in [-0.3, -0.25) is 4.90 Å². The first-order valence-electron chi connectivity index (χ1n) is 10.2. The zero-order chi connectivity index (χ0) is 20.8.